The summed E-state index contributed by atoms with van der Waals surface area (Å²) >= 11 is 6.25. The fraction of sp³-hybridized carbons (Fsp3) is 0.105. The lowest BCUT2D eigenvalue weighted by Gasteiger charge is -2.14. The Bertz CT molecular complexity index is 1020. The van der Waals surface area contributed by atoms with Gasteiger partial charge in [-0.25, -0.2) is 4.39 Å². The molecule has 1 N–H and O–H groups in total. The normalized spacial score (nSPS) is 15.1. The molecule has 2 aromatic carbocycles. The van der Waals surface area contributed by atoms with Gasteiger partial charge in [-0.3, -0.25) is 24.6 Å². The molecule has 10 heteroatoms. The number of carbonyl (C=O) groups is 2. The van der Waals surface area contributed by atoms with Gasteiger partial charge in [0.1, 0.15) is 10.1 Å². The predicted molar refractivity (Wildman–Crippen MR) is 113 cm³/mol. The number of thiocarbonyl (C=S) groups is 1. The number of halogens is 1. The van der Waals surface area contributed by atoms with Crippen LogP contribution in [0.4, 0.5) is 15.8 Å². The summed E-state index contributed by atoms with van der Waals surface area (Å²) in [4.78, 5) is 36.4. The highest BCUT2D eigenvalue weighted by atomic mass is 32.2. The molecule has 0 bridgehead atoms. The zero-order valence-electron chi connectivity index (χ0n) is 14.8. The first-order chi connectivity index (χ1) is 13.8. The first-order valence-electron chi connectivity index (χ1n) is 8.39. The third-order valence-electron chi connectivity index (χ3n) is 3.99. The van der Waals surface area contributed by atoms with Crippen molar-refractivity contribution >= 4 is 57.6 Å². The summed E-state index contributed by atoms with van der Waals surface area (Å²) in [6, 6.07) is 11.5. The van der Waals surface area contributed by atoms with E-state index in [0.29, 0.717) is 10.0 Å². The number of rotatable bonds is 6. The summed E-state index contributed by atoms with van der Waals surface area (Å²) < 4.78 is 14.1. The molecule has 0 saturated carbocycles. The van der Waals surface area contributed by atoms with Crippen LogP contribution in [0.25, 0.3) is 6.08 Å². The summed E-state index contributed by atoms with van der Waals surface area (Å²) in [5.74, 6) is -1.20. The van der Waals surface area contributed by atoms with E-state index in [-0.39, 0.29) is 40.9 Å². The number of hydrogen-bond donors (Lipinski definition) is 1. The molecular formula is C19H14FN3O4S2. The number of nitro benzene ring substituents is 1. The lowest BCUT2D eigenvalue weighted by atomic mass is 10.2. The lowest BCUT2D eigenvalue weighted by Crippen LogP contribution is -2.31. The zero-order chi connectivity index (χ0) is 21.0. The number of benzene rings is 2. The standard InChI is InChI=1S/C19H14FN3O4S2/c20-15-4-2-1-3-12(15)11-16-18(25)22(19(28)29-16)10-9-17(24)21-13-5-7-14(8-6-13)23(26)27/h1-8,11H,9-10H2,(H,21,24)/b16-11-. The lowest BCUT2D eigenvalue weighted by molar-refractivity contribution is -0.384. The third kappa shape index (κ3) is 5.04. The summed E-state index contributed by atoms with van der Waals surface area (Å²) in [6.07, 6.45) is 1.42. The van der Waals surface area contributed by atoms with E-state index in [1.165, 1.54) is 41.3 Å². The van der Waals surface area contributed by atoms with E-state index in [4.69, 9.17) is 12.2 Å². The molecule has 1 aliphatic heterocycles. The molecule has 2 aromatic rings. The Morgan fingerprint density at radius 3 is 2.59 bits per heavy atom. The molecule has 7 nitrogen and oxygen atoms in total. The van der Waals surface area contributed by atoms with Crippen LogP contribution in [-0.2, 0) is 9.59 Å². The summed E-state index contributed by atoms with van der Waals surface area (Å²) in [7, 11) is 0. The Labute approximate surface area is 174 Å². The van der Waals surface area contributed by atoms with Crippen LogP contribution in [0.3, 0.4) is 0 Å². The molecule has 29 heavy (non-hydrogen) atoms. The van der Waals surface area contributed by atoms with Crippen molar-refractivity contribution < 1.29 is 18.9 Å². The van der Waals surface area contributed by atoms with Gasteiger partial charge in [0.05, 0.1) is 9.83 Å². The molecule has 0 atom stereocenters. The molecule has 2 amide bonds. The second-order valence-corrected chi connectivity index (χ2v) is 7.63. The first kappa shape index (κ1) is 20.6. The summed E-state index contributed by atoms with van der Waals surface area (Å²) in [5.41, 5.74) is 0.608. The largest absolute Gasteiger partial charge is 0.326 e. The highest BCUT2D eigenvalue weighted by Crippen LogP contribution is 2.33. The van der Waals surface area contributed by atoms with Crippen LogP contribution in [0, 0.1) is 15.9 Å². The van der Waals surface area contributed by atoms with Crippen molar-refractivity contribution in [2.45, 2.75) is 6.42 Å². The number of nitrogens with zero attached hydrogens (tertiary/aromatic N) is 2. The van der Waals surface area contributed by atoms with E-state index in [2.05, 4.69) is 5.32 Å². The predicted octanol–water partition coefficient (Wildman–Crippen LogP) is 3.96. The Morgan fingerprint density at radius 1 is 1.24 bits per heavy atom. The number of nitrogens with one attached hydrogen (secondary N) is 1. The molecule has 0 aromatic heterocycles. The van der Waals surface area contributed by atoms with E-state index in [1.54, 1.807) is 18.2 Å². The molecule has 1 aliphatic rings. The van der Waals surface area contributed by atoms with Gasteiger partial charge in [-0.05, 0) is 24.3 Å². The molecule has 1 fully saturated rings. The number of hydrogen-bond acceptors (Lipinski definition) is 6. The van der Waals surface area contributed by atoms with Crippen LogP contribution in [0.1, 0.15) is 12.0 Å². The van der Waals surface area contributed by atoms with E-state index in [1.807, 2.05) is 0 Å². The Morgan fingerprint density at radius 2 is 1.93 bits per heavy atom. The maximum Gasteiger partial charge on any atom is 0.269 e. The number of nitro groups is 1. The second kappa shape index (κ2) is 8.93. The fourth-order valence-corrected chi connectivity index (χ4v) is 3.83. The van der Waals surface area contributed by atoms with Crippen molar-refractivity contribution in [1.82, 2.24) is 4.90 Å². The minimum absolute atomic E-state index is 0.0175. The van der Waals surface area contributed by atoms with Crippen LogP contribution in [-0.4, -0.2) is 32.5 Å². The van der Waals surface area contributed by atoms with E-state index in [0.717, 1.165) is 11.8 Å². The second-order valence-electron chi connectivity index (χ2n) is 5.96. The van der Waals surface area contributed by atoms with Crippen molar-refractivity contribution in [3.63, 3.8) is 0 Å². The highest BCUT2D eigenvalue weighted by Gasteiger charge is 2.32. The molecule has 0 unspecified atom stereocenters. The molecule has 1 heterocycles. The van der Waals surface area contributed by atoms with Crippen LogP contribution in [0.5, 0.6) is 0 Å². The highest BCUT2D eigenvalue weighted by molar-refractivity contribution is 8.26. The molecule has 0 radical (unpaired) electrons. The minimum atomic E-state index is -0.532. The maximum absolute atomic E-state index is 13.8. The van der Waals surface area contributed by atoms with Gasteiger partial charge in [0.2, 0.25) is 5.91 Å². The SMILES string of the molecule is O=C(CCN1C(=O)/C(=C/c2ccccc2F)SC1=S)Nc1ccc([N+](=O)[O-])cc1. The van der Waals surface area contributed by atoms with E-state index >= 15 is 0 Å². The first-order valence-corrected chi connectivity index (χ1v) is 9.62. The Hall–Kier alpha value is -3.11. The van der Waals surface area contributed by atoms with Gasteiger partial charge in [0, 0.05) is 36.3 Å². The molecule has 1 saturated heterocycles. The van der Waals surface area contributed by atoms with Gasteiger partial charge in [-0.15, -0.1) is 0 Å². The Kier molecular flexibility index (Phi) is 6.35. The van der Waals surface area contributed by atoms with Crippen LogP contribution >= 0.6 is 24.0 Å². The van der Waals surface area contributed by atoms with Gasteiger partial charge >= 0.3 is 0 Å². The van der Waals surface area contributed by atoms with Crippen molar-refractivity contribution in [1.29, 1.82) is 0 Å². The van der Waals surface area contributed by atoms with E-state index in [9.17, 15) is 24.1 Å². The zero-order valence-corrected chi connectivity index (χ0v) is 16.5. The molecule has 0 spiro atoms. The van der Waals surface area contributed by atoms with Crippen molar-refractivity contribution in [2.75, 3.05) is 11.9 Å². The number of non-ortho nitro benzene ring substituents is 1. The summed E-state index contributed by atoms with van der Waals surface area (Å²) in [5, 5.41) is 13.3. The number of carbonyl (C=O) groups excluding carboxylic acids is 2. The van der Waals surface area contributed by atoms with Gasteiger partial charge in [-0.1, -0.05) is 42.2 Å². The van der Waals surface area contributed by atoms with E-state index < -0.39 is 10.7 Å². The topological polar surface area (TPSA) is 92.6 Å². The van der Waals surface area contributed by atoms with Gasteiger partial charge in [-0.2, -0.15) is 0 Å². The van der Waals surface area contributed by atoms with Crippen LogP contribution in [0.15, 0.2) is 53.4 Å². The van der Waals surface area contributed by atoms with Crippen molar-refractivity contribution in [3.05, 3.63) is 74.9 Å². The number of anilines is 1. The van der Waals surface area contributed by atoms with Crippen molar-refractivity contribution in [2.24, 2.45) is 0 Å². The minimum Gasteiger partial charge on any atom is -0.326 e. The van der Waals surface area contributed by atoms with Crippen LogP contribution < -0.4 is 5.32 Å². The maximum atomic E-state index is 13.8. The smallest absolute Gasteiger partial charge is 0.269 e. The molecule has 0 aliphatic carbocycles. The number of amides is 2. The van der Waals surface area contributed by atoms with Crippen molar-refractivity contribution in [3.8, 4) is 0 Å². The third-order valence-corrected chi connectivity index (χ3v) is 5.37. The average Bonchev–Trinajstić information content (AvgIpc) is 2.95. The van der Waals surface area contributed by atoms with Gasteiger partial charge in [0.25, 0.3) is 11.6 Å². The molecule has 148 valence electrons. The van der Waals surface area contributed by atoms with Crippen LogP contribution in [0.2, 0.25) is 0 Å². The van der Waals surface area contributed by atoms with Gasteiger partial charge < -0.3 is 5.32 Å². The fourth-order valence-electron chi connectivity index (χ4n) is 2.53. The summed E-state index contributed by atoms with van der Waals surface area (Å²) in [6.45, 7) is 0.0676. The molecule has 3 rings (SSSR count). The Balaban J connectivity index is 1.59. The van der Waals surface area contributed by atoms with Gasteiger partial charge in [0.15, 0.2) is 0 Å². The monoisotopic (exact) mass is 431 g/mol. The molecular weight excluding hydrogens is 417 g/mol. The quantitative estimate of drug-likeness (QED) is 0.322. The average molecular weight is 431 g/mol. The number of thioether (sulfide) groups is 1.